The Kier molecular flexibility index (Phi) is 6.03. The summed E-state index contributed by atoms with van der Waals surface area (Å²) in [4.78, 5) is 0. The van der Waals surface area contributed by atoms with Crippen molar-refractivity contribution in [3.63, 3.8) is 0 Å². The van der Waals surface area contributed by atoms with Crippen molar-refractivity contribution in [2.45, 2.75) is 51.9 Å². The molecule has 4 nitrogen and oxygen atoms in total. The van der Waals surface area contributed by atoms with Crippen LogP contribution in [0.2, 0.25) is 0 Å². The monoisotopic (exact) mass is 293 g/mol. The standard InChI is InChI=1S/C17H27NO3/c1-12-6-4-7-13(2)17(12)21-11-15(19)10-18-14(3)16-8-5-9-20-16/h4,6-7,14-16,18-19H,5,8-11H2,1-3H3. The second-order valence-corrected chi connectivity index (χ2v) is 5.93. The summed E-state index contributed by atoms with van der Waals surface area (Å²) in [6, 6.07) is 6.32. The Bertz CT molecular complexity index is 423. The molecule has 0 radical (unpaired) electrons. The van der Waals surface area contributed by atoms with Gasteiger partial charge in [-0.15, -0.1) is 0 Å². The molecule has 1 heterocycles. The van der Waals surface area contributed by atoms with E-state index in [2.05, 4.69) is 12.2 Å². The normalized spacial score (nSPS) is 21.2. The van der Waals surface area contributed by atoms with E-state index in [0.717, 1.165) is 36.3 Å². The van der Waals surface area contributed by atoms with Crippen molar-refractivity contribution >= 4 is 0 Å². The number of aryl methyl sites for hydroxylation is 2. The number of rotatable bonds is 7. The molecule has 0 spiro atoms. The Morgan fingerprint density at radius 1 is 1.38 bits per heavy atom. The van der Waals surface area contributed by atoms with E-state index in [-0.39, 0.29) is 12.1 Å². The van der Waals surface area contributed by atoms with Crippen LogP contribution in [0.3, 0.4) is 0 Å². The van der Waals surface area contributed by atoms with Gasteiger partial charge in [0.15, 0.2) is 0 Å². The lowest BCUT2D eigenvalue weighted by atomic mass is 10.1. The van der Waals surface area contributed by atoms with Gasteiger partial charge in [-0.1, -0.05) is 18.2 Å². The van der Waals surface area contributed by atoms with Gasteiger partial charge in [0.25, 0.3) is 0 Å². The molecule has 1 aromatic rings. The SMILES string of the molecule is Cc1cccc(C)c1OCC(O)CNC(C)C1CCCO1. The Balaban J connectivity index is 1.73. The minimum absolute atomic E-state index is 0.266. The first-order valence-corrected chi connectivity index (χ1v) is 7.80. The number of benzene rings is 1. The molecule has 3 unspecified atom stereocenters. The molecule has 0 saturated carbocycles. The number of nitrogens with one attached hydrogen (secondary N) is 1. The topological polar surface area (TPSA) is 50.7 Å². The van der Waals surface area contributed by atoms with Gasteiger partial charge in [-0.05, 0) is 44.7 Å². The largest absolute Gasteiger partial charge is 0.490 e. The zero-order chi connectivity index (χ0) is 15.2. The average Bonchev–Trinajstić information content (AvgIpc) is 2.98. The van der Waals surface area contributed by atoms with Gasteiger partial charge >= 0.3 is 0 Å². The number of ether oxygens (including phenoxy) is 2. The first-order chi connectivity index (χ1) is 10.1. The van der Waals surface area contributed by atoms with Crippen LogP contribution in [0.25, 0.3) is 0 Å². The molecule has 0 bridgehead atoms. The van der Waals surface area contributed by atoms with Gasteiger partial charge in [0.05, 0.1) is 6.10 Å². The van der Waals surface area contributed by atoms with E-state index in [1.807, 2.05) is 32.0 Å². The van der Waals surface area contributed by atoms with E-state index in [4.69, 9.17) is 9.47 Å². The van der Waals surface area contributed by atoms with Gasteiger partial charge in [-0.2, -0.15) is 0 Å². The number of aliphatic hydroxyl groups is 1. The number of para-hydroxylation sites is 1. The molecule has 0 aliphatic carbocycles. The molecule has 0 aromatic heterocycles. The Hall–Kier alpha value is -1.10. The van der Waals surface area contributed by atoms with Gasteiger partial charge in [0.1, 0.15) is 18.5 Å². The third kappa shape index (κ3) is 4.70. The fourth-order valence-corrected chi connectivity index (χ4v) is 2.72. The summed E-state index contributed by atoms with van der Waals surface area (Å²) in [5.74, 6) is 0.878. The highest BCUT2D eigenvalue weighted by Gasteiger charge is 2.22. The first-order valence-electron chi connectivity index (χ1n) is 7.80. The molecule has 1 aliphatic rings. The lowest BCUT2D eigenvalue weighted by Crippen LogP contribution is -2.42. The zero-order valence-electron chi connectivity index (χ0n) is 13.3. The summed E-state index contributed by atoms with van der Waals surface area (Å²) in [6.07, 6.45) is 1.99. The van der Waals surface area contributed by atoms with Crippen molar-refractivity contribution in [2.24, 2.45) is 0 Å². The van der Waals surface area contributed by atoms with Gasteiger partial charge in [-0.3, -0.25) is 0 Å². The Morgan fingerprint density at radius 3 is 2.71 bits per heavy atom. The van der Waals surface area contributed by atoms with E-state index in [1.54, 1.807) is 0 Å². The molecule has 1 fully saturated rings. The van der Waals surface area contributed by atoms with Crippen molar-refractivity contribution < 1.29 is 14.6 Å². The molecule has 118 valence electrons. The van der Waals surface area contributed by atoms with Crippen LogP contribution in [-0.4, -0.2) is 43.1 Å². The molecule has 1 aliphatic heterocycles. The summed E-state index contributed by atoms with van der Waals surface area (Å²) in [5, 5.41) is 13.4. The van der Waals surface area contributed by atoms with Gasteiger partial charge in [0.2, 0.25) is 0 Å². The Morgan fingerprint density at radius 2 is 2.10 bits per heavy atom. The summed E-state index contributed by atoms with van der Waals surface area (Å²) < 4.78 is 11.4. The molecule has 4 heteroatoms. The van der Waals surface area contributed by atoms with E-state index in [9.17, 15) is 5.11 Å². The van der Waals surface area contributed by atoms with Crippen LogP contribution in [0, 0.1) is 13.8 Å². The highest BCUT2D eigenvalue weighted by atomic mass is 16.5. The van der Waals surface area contributed by atoms with Crippen LogP contribution in [0.4, 0.5) is 0 Å². The molecule has 1 saturated heterocycles. The fourth-order valence-electron chi connectivity index (χ4n) is 2.72. The molecular weight excluding hydrogens is 266 g/mol. The van der Waals surface area contributed by atoms with E-state index in [1.165, 1.54) is 0 Å². The second-order valence-electron chi connectivity index (χ2n) is 5.93. The van der Waals surface area contributed by atoms with Crippen molar-refractivity contribution in [1.29, 1.82) is 0 Å². The van der Waals surface area contributed by atoms with Crippen LogP contribution < -0.4 is 10.1 Å². The molecule has 3 atom stereocenters. The minimum atomic E-state index is -0.521. The molecule has 2 N–H and O–H groups in total. The molecule has 2 rings (SSSR count). The Labute approximate surface area is 127 Å². The second kappa shape index (κ2) is 7.78. The predicted octanol–water partition coefficient (Wildman–Crippen LogP) is 2.20. The zero-order valence-corrected chi connectivity index (χ0v) is 13.3. The number of hydrogen-bond donors (Lipinski definition) is 2. The average molecular weight is 293 g/mol. The molecule has 21 heavy (non-hydrogen) atoms. The third-order valence-corrected chi connectivity index (χ3v) is 4.03. The van der Waals surface area contributed by atoms with Crippen LogP contribution in [0.15, 0.2) is 18.2 Å². The highest BCUT2D eigenvalue weighted by molar-refractivity contribution is 5.39. The lowest BCUT2D eigenvalue weighted by Gasteiger charge is -2.22. The lowest BCUT2D eigenvalue weighted by molar-refractivity contribution is 0.0673. The van der Waals surface area contributed by atoms with Gasteiger partial charge < -0.3 is 19.9 Å². The molecule has 1 aromatic carbocycles. The summed E-state index contributed by atoms with van der Waals surface area (Å²) in [7, 11) is 0. The summed E-state index contributed by atoms with van der Waals surface area (Å²) in [6.45, 7) is 7.83. The fraction of sp³-hybridized carbons (Fsp3) is 0.647. The van der Waals surface area contributed by atoms with Crippen LogP contribution in [-0.2, 0) is 4.74 Å². The predicted molar refractivity (Wildman–Crippen MR) is 83.9 cm³/mol. The van der Waals surface area contributed by atoms with E-state index < -0.39 is 6.10 Å². The van der Waals surface area contributed by atoms with Crippen molar-refractivity contribution in [3.05, 3.63) is 29.3 Å². The van der Waals surface area contributed by atoms with Crippen molar-refractivity contribution in [1.82, 2.24) is 5.32 Å². The van der Waals surface area contributed by atoms with Gasteiger partial charge in [0, 0.05) is 19.2 Å². The third-order valence-electron chi connectivity index (χ3n) is 4.03. The van der Waals surface area contributed by atoms with Crippen LogP contribution >= 0.6 is 0 Å². The maximum atomic E-state index is 10.1. The maximum Gasteiger partial charge on any atom is 0.125 e. The van der Waals surface area contributed by atoms with E-state index >= 15 is 0 Å². The highest BCUT2D eigenvalue weighted by Crippen LogP contribution is 2.22. The maximum absolute atomic E-state index is 10.1. The molecular formula is C17H27NO3. The number of aliphatic hydroxyl groups excluding tert-OH is 1. The minimum Gasteiger partial charge on any atom is -0.490 e. The van der Waals surface area contributed by atoms with Crippen LogP contribution in [0.5, 0.6) is 5.75 Å². The van der Waals surface area contributed by atoms with Crippen LogP contribution in [0.1, 0.15) is 30.9 Å². The summed E-state index contributed by atoms with van der Waals surface area (Å²) >= 11 is 0. The molecule has 0 amide bonds. The smallest absolute Gasteiger partial charge is 0.125 e. The first kappa shape index (κ1) is 16.3. The quantitative estimate of drug-likeness (QED) is 0.809. The number of hydrogen-bond acceptors (Lipinski definition) is 4. The van der Waals surface area contributed by atoms with Crippen molar-refractivity contribution in [2.75, 3.05) is 19.8 Å². The van der Waals surface area contributed by atoms with Crippen molar-refractivity contribution in [3.8, 4) is 5.75 Å². The van der Waals surface area contributed by atoms with Gasteiger partial charge in [-0.25, -0.2) is 0 Å². The summed E-state index contributed by atoms with van der Waals surface area (Å²) in [5.41, 5.74) is 2.20. The van der Waals surface area contributed by atoms with E-state index in [0.29, 0.717) is 13.2 Å².